The van der Waals surface area contributed by atoms with Crippen molar-refractivity contribution in [2.45, 2.75) is 33.2 Å². The van der Waals surface area contributed by atoms with Crippen LogP contribution < -0.4 is 20.1 Å². The second-order valence-corrected chi connectivity index (χ2v) is 7.16. The van der Waals surface area contributed by atoms with Crippen LogP contribution in [0.15, 0.2) is 48.5 Å². The number of nitrogens with zero attached hydrogens (tertiary/aromatic N) is 2. The lowest BCUT2D eigenvalue weighted by molar-refractivity contribution is 0.174. The lowest BCUT2D eigenvalue weighted by Crippen LogP contribution is -2.05. The van der Waals surface area contributed by atoms with Gasteiger partial charge in [0.15, 0.2) is 11.5 Å². The summed E-state index contributed by atoms with van der Waals surface area (Å²) in [6.45, 7) is 7.25. The Morgan fingerprint density at radius 3 is 2.54 bits per heavy atom. The van der Waals surface area contributed by atoms with Crippen LogP contribution in [0.5, 0.6) is 11.5 Å². The molecule has 1 aromatic heterocycles. The van der Waals surface area contributed by atoms with Gasteiger partial charge in [-0.3, -0.25) is 0 Å². The molecule has 4 rings (SSSR count). The van der Waals surface area contributed by atoms with Gasteiger partial charge in [0.1, 0.15) is 5.82 Å². The third-order valence-electron chi connectivity index (χ3n) is 4.60. The van der Waals surface area contributed by atoms with Crippen molar-refractivity contribution >= 4 is 17.5 Å². The van der Waals surface area contributed by atoms with Crippen LogP contribution >= 0.6 is 0 Å². The fraction of sp³-hybridized carbons (Fsp3) is 0.273. The molecule has 3 aromatic rings. The van der Waals surface area contributed by atoms with Crippen molar-refractivity contribution in [3.63, 3.8) is 0 Å². The number of fused-ring (bicyclic) bond motifs is 1. The minimum absolute atomic E-state index is 0.282. The van der Waals surface area contributed by atoms with E-state index in [-0.39, 0.29) is 6.79 Å². The zero-order valence-electron chi connectivity index (χ0n) is 16.3. The van der Waals surface area contributed by atoms with Gasteiger partial charge >= 0.3 is 0 Å². The van der Waals surface area contributed by atoms with Crippen molar-refractivity contribution in [2.75, 3.05) is 17.4 Å². The lowest BCUT2D eigenvalue weighted by atomic mass is 10.0. The van der Waals surface area contributed by atoms with Gasteiger partial charge < -0.3 is 20.1 Å². The Kier molecular flexibility index (Phi) is 5.02. The molecular formula is C22H24N4O2. The summed E-state index contributed by atoms with van der Waals surface area (Å²) in [6, 6.07) is 16.2. The van der Waals surface area contributed by atoms with Gasteiger partial charge in [0.2, 0.25) is 12.7 Å². The maximum absolute atomic E-state index is 5.43. The number of anilines is 3. The Labute approximate surface area is 164 Å². The summed E-state index contributed by atoms with van der Waals surface area (Å²) in [4.78, 5) is 9.07. The molecule has 0 spiro atoms. The van der Waals surface area contributed by atoms with Gasteiger partial charge in [0, 0.05) is 24.0 Å². The van der Waals surface area contributed by atoms with Gasteiger partial charge in [-0.15, -0.1) is 0 Å². The maximum atomic E-state index is 5.43. The molecule has 0 unspecified atom stereocenters. The first-order valence-electron chi connectivity index (χ1n) is 9.42. The molecule has 2 heterocycles. The molecule has 144 valence electrons. The van der Waals surface area contributed by atoms with Gasteiger partial charge in [0.25, 0.3) is 0 Å². The van der Waals surface area contributed by atoms with Gasteiger partial charge in [-0.1, -0.05) is 32.0 Å². The standard InChI is InChI=1S/C22H24N4O2/c1-14(2)17-5-7-18(8-6-17)25-22-24-15(3)10-21(26-22)23-12-16-4-9-19-20(11-16)28-13-27-19/h4-11,14H,12-13H2,1-3H3,(H2,23,24,25,26). The molecule has 0 atom stereocenters. The molecule has 6 nitrogen and oxygen atoms in total. The fourth-order valence-corrected chi connectivity index (χ4v) is 3.04. The maximum Gasteiger partial charge on any atom is 0.231 e. The van der Waals surface area contributed by atoms with E-state index in [4.69, 9.17) is 9.47 Å². The number of nitrogens with one attached hydrogen (secondary N) is 2. The van der Waals surface area contributed by atoms with Crippen molar-refractivity contribution in [1.82, 2.24) is 9.97 Å². The summed E-state index contributed by atoms with van der Waals surface area (Å²) < 4.78 is 10.8. The molecule has 0 amide bonds. The predicted molar refractivity (Wildman–Crippen MR) is 110 cm³/mol. The van der Waals surface area contributed by atoms with E-state index in [1.807, 2.05) is 31.2 Å². The molecule has 0 aliphatic carbocycles. The highest BCUT2D eigenvalue weighted by Crippen LogP contribution is 2.32. The number of benzene rings is 2. The fourth-order valence-electron chi connectivity index (χ4n) is 3.04. The second kappa shape index (κ2) is 7.76. The first-order valence-corrected chi connectivity index (χ1v) is 9.42. The van der Waals surface area contributed by atoms with Gasteiger partial charge in [-0.2, -0.15) is 4.98 Å². The highest BCUT2D eigenvalue weighted by Gasteiger charge is 2.13. The highest BCUT2D eigenvalue weighted by molar-refractivity contribution is 5.56. The molecule has 0 saturated carbocycles. The number of aryl methyl sites for hydroxylation is 1. The van der Waals surface area contributed by atoms with Crippen molar-refractivity contribution in [1.29, 1.82) is 0 Å². The summed E-state index contributed by atoms with van der Waals surface area (Å²) in [6.07, 6.45) is 0. The van der Waals surface area contributed by atoms with Gasteiger partial charge in [-0.05, 0) is 48.2 Å². The Bertz CT molecular complexity index is 971. The molecule has 0 fully saturated rings. The van der Waals surface area contributed by atoms with Crippen LogP contribution in [0.1, 0.15) is 36.6 Å². The van der Waals surface area contributed by atoms with Crippen LogP contribution in [-0.4, -0.2) is 16.8 Å². The first-order chi connectivity index (χ1) is 13.6. The van der Waals surface area contributed by atoms with E-state index >= 15 is 0 Å². The zero-order chi connectivity index (χ0) is 19.5. The van der Waals surface area contributed by atoms with Crippen molar-refractivity contribution in [3.8, 4) is 11.5 Å². The average molecular weight is 376 g/mol. The number of hydrogen-bond acceptors (Lipinski definition) is 6. The van der Waals surface area contributed by atoms with E-state index in [1.165, 1.54) is 5.56 Å². The normalized spacial score (nSPS) is 12.3. The molecule has 1 aliphatic heterocycles. The van der Waals surface area contributed by atoms with Crippen LogP contribution in [-0.2, 0) is 6.54 Å². The Balaban J connectivity index is 1.44. The first kappa shape index (κ1) is 18.1. The third kappa shape index (κ3) is 4.17. The van der Waals surface area contributed by atoms with Crippen LogP contribution in [0.2, 0.25) is 0 Å². The molecule has 6 heteroatoms. The number of rotatable bonds is 6. The minimum atomic E-state index is 0.282. The average Bonchev–Trinajstić information content (AvgIpc) is 3.14. The van der Waals surface area contributed by atoms with Crippen molar-refractivity contribution in [2.24, 2.45) is 0 Å². The Hall–Kier alpha value is -3.28. The van der Waals surface area contributed by atoms with E-state index in [9.17, 15) is 0 Å². The Morgan fingerprint density at radius 2 is 1.75 bits per heavy atom. The topological polar surface area (TPSA) is 68.3 Å². The summed E-state index contributed by atoms with van der Waals surface area (Å²) >= 11 is 0. The lowest BCUT2D eigenvalue weighted by Gasteiger charge is -2.11. The van der Waals surface area contributed by atoms with E-state index in [0.29, 0.717) is 18.4 Å². The zero-order valence-corrected chi connectivity index (χ0v) is 16.3. The quantitative estimate of drug-likeness (QED) is 0.631. The number of ether oxygens (including phenoxy) is 2. The van der Waals surface area contributed by atoms with Crippen LogP contribution in [0, 0.1) is 6.92 Å². The third-order valence-corrected chi connectivity index (χ3v) is 4.60. The molecule has 0 bridgehead atoms. The van der Waals surface area contributed by atoms with Gasteiger partial charge in [-0.25, -0.2) is 4.98 Å². The van der Waals surface area contributed by atoms with E-state index in [1.54, 1.807) is 0 Å². The van der Waals surface area contributed by atoms with E-state index in [0.717, 1.165) is 34.3 Å². The molecule has 0 saturated heterocycles. The van der Waals surface area contributed by atoms with Crippen LogP contribution in [0.3, 0.4) is 0 Å². The smallest absolute Gasteiger partial charge is 0.231 e. The summed E-state index contributed by atoms with van der Waals surface area (Å²) in [5.74, 6) is 3.43. The SMILES string of the molecule is Cc1cc(NCc2ccc3c(c2)OCO3)nc(Nc2ccc(C(C)C)cc2)n1. The van der Waals surface area contributed by atoms with Crippen molar-refractivity contribution < 1.29 is 9.47 Å². The van der Waals surface area contributed by atoms with Crippen LogP contribution in [0.4, 0.5) is 17.5 Å². The summed E-state index contributed by atoms with van der Waals surface area (Å²) in [5, 5.41) is 6.64. The molecule has 28 heavy (non-hydrogen) atoms. The van der Waals surface area contributed by atoms with Crippen LogP contribution in [0.25, 0.3) is 0 Å². The van der Waals surface area contributed by atoms with E-state index < -0.39 is 0 Å². The predicted octanol–water partition coefficient (Wildman–Crippen LogP) is 4.99. The number of aromatic nitrogens is 2. The molecule has 2 aromatic carbocycles. The summed E-state index contributed by atoms with van der Waals surface area (Å²) in [7, 11) is 0. The number of hydrogen-bond donors (Lipinski definition) is 2. The Morgan fingerprint density at radius 1 is 0.964 bits per heavy atom. The molecule has 1 aliphatic rings. The minimum Gasteiger partial charge on any atom is -0.454 e. The van der Waals surface area contributed by atoms with Gasteiger partial charge in [0.05, 0.1) is 0 Å². The summed E-state index contributed by atoms with van der Waals surface area (Å²) in [5.41, 5.74) is 4.27. The monoisotopic (exact) mass is 376 g/mol. The molecule has 2 N–H and O–H groups in total. The van der Waals surface area contributed by atoms with E-state index in [2.05, 4.69) is 58.7 Å². The highest BCUT2D eigenvalue weighted by atomic mass is 16.7. The largest absolute Gasteiger partial charge is 0.454 e. The molecular weight excluding hydrogens is 352 g/mol. The van der Waals surface area contributed by atoms with Crippen molar-refractivity contribution in [3.05, 3.63) is 65.4 Å². The molecule has 0 radical (unpaired) electrons. The second-order valence-electron chi connectivity index (χ2n) is 7.16.